The molecule has 0 amide bonds. The van der Waals surface area contributed by atoms with Crippen molar-refractivity contribution >= 4 is 46.8 Å². The molecule has 336 valence electrons. The molecule has 0 N–H and O–H groups in total. The monoisotopic (exact) mass is 882 g/mol. The third kappa shape index (κ3) is 11.6. The van der Waals surface area contributed by atoms with Gasteiger partial charge in [0.2, 0.25) is 0 Å². The standard InChI is InChI=1S/C51H50N2O12/c1-7-41(54)60-29-49(3,4)31-62-43(56)25-27-45(58)64-35-21-17-33(18-22-35)51(38-14-10-9-13-37(38)47-48(51)53-40-16-12-11-15-39(40)52-47)34-19-23-36(24-20-34)65-46(59)28-26-44(57)63-32-50(5,6)30-61-42(55)8-2/h7-24H,1-2,25-32H2,3-6H3. The highest BCUT2D eigenvalue weighted by Gasteiger charge is 2.48. The molecule has 6 rings (SSSR count). The lowest BCUT2D eigenvalue weighted by molar-refractivity contribution is -0.153. The molecule has 0 atom stereocenters. The van der Waals surface area contributed by atoms with E-state index in [4.69, 9.17) is 38.4 Å². The molecule has 0 saturated heterocycles. The summed E-state index contributed by atoms with van der Waals surface area (Å²) in [5.74, 6) is -3.10. The zero-order valence-electron chi connectivity index (χ0n) is 36.8. The number of benzene rings is 4. The second-order valence-corrected chi connectivity index (χ2v) is 17.0. The molecular formula is C51H50N2O12. The summed E-state index contributed by atoms with van der Waals surface area (Å²) in [6.45, 7) is 13.8. The lowest BCUT2D eigenvalue weighted by Gasteiger charge is -2.32. The fourth-order valence-electron chi connectivity index (χ4n) is 7.09. The smallest absolute Gasteiger partial charge is 0.330 e. The van der Waals surface area contributed by atoms with Crippen LogP contribution in [0.2, 0.25) is 0 Å². The minimum atomic E-state index is -1.03. The van der Waals surface area contributed by atoms with E-state index < -0.39 is 52.1 Å². The molecule has 4 aromatic carbocycles. The predicted molar refractivity (Wildman–Crippen MR) is 238 cm³/mol. The van der Waals surface area contributed by atoms with Gasteiger partial charge >= 0.3 is 35.8 Å². The van der Waals surface area contributed by atoms with E-state index >= 15 is 0 Å². The Hall–Kier alpha value is -7.48. The van der Waals surface area contributed by atoms with Gasteiger partial charge in [-0.15, -0.1) is 0 Å². The highest BCUT2D eigenvalue weighted by Crippen LogP contribution is 2.55. The first-order valence-electron chi connectivity index (χ1n) is 20.9. The van der Waals surface area contributed by atoms with Gasteiger partial charge in [-0.2, -0.15) is 0 Å². The Morgan fingerprint density at radius 1 is 0.523 bits per heavy atom. The van der Waals surface area contributed by atoms with E-state index in [1.165, 1.54) is 0 Å². The van der Waals surface area contributed by atoms with Gasteiger partial charge in [-0.1, -0.05) is 102 Å². The van der Waals surface area contributed by atoms with Gasteiger partial charge in [0, 0.05) is 28.5 Å². The molecule has 65 heavy (non-hydrogen) atoms. The number of aromatic nitrogens is 2. The lowest BCUT2D eigenvalue weighted by atomic mass is 9.69. The average Bonchev–Trinajstić information content (AvgIpc) is 3.59. The summed E-state index contributed by atoms with van der Waals surface area (Å²) in [7, 11) is 0. The van der Waals surface area contributed by atoms with E-state index in [0.29, 0.717) is 16.9 Å². The van der Waals surface area contributed by atoms with Crippen LogP contribution < -0.4 is 9.47 Å². The summed E-state index contributed by atoms with van der Waals surface area (Å²) in [5.41, 5.74) is 3.82. The van der Waals surface area contributed by atoms with Crippen molar-refractivity contribution < 1.29 is 57.2 Å². The number of rotatable bonds is 20. The fourth-order valence-corrected chi connectivity index (χ4v) is 7.09. The molecule has 14 heteroatoms. The number of hydrogen-bond acceptors (Lipinski definition) is 14. The average molecular weight is 883 g/mol. The predicted octanol–water partition coefficient (Wildman–Crippen LogP) is 7.96. The number of hydrogen-bond donors (Lipinski definition) is 0. The minimum Gasteiger partial charge on any atom is -0.465 e. The van der Waals surface area contributed by atoms with Crippen LogP contribution in [0.1, 0.15) is 75.8 Å². The van der Waals surface area contributed by atoms with Crippen LogP contribution >= 0.6 is 0 Å². The lowest BCUT2D eigenvalue weighted by Crippen LogP contribution is -2.30. The van der Waals surface area contributed by atoms with Crippen LogP contribution in [0.15, 0.2) is 122 Å². The molecule has 14 nitrogen and oxygen atoms in total. The Morgan fingerprint density at radius 3 is 1.38 bits per heavy atom. The van der Waals surface area contributed by atoms with E-state index in [9.17, 15) is 28.8 Å². The topological polar surface area (TPSA) is 184 Å². The number of carbonyl (C=O) groups is 6. The third-order valence-electron chi connectivity index (χ3n) is 10.4. The number of nitrogens with zero attached hydrogens (tertiary/aromatic N) is 2. The molecular weight excluding hydrogens is 833 g/mol. The van der Waals surface area contributed by atoms with E-state index in [2.05, 4.69) is 13.2 Å². The van der Waals surface area contributed by atoms with E-state index in [0.717, 1.165) is 39.9 Å². The maximum Gasteiger partial charge on any atom is 0.330 e. The van der Waals surface area contributed by atoms with Crippen molar-refractivity contribution in [3.8, 4) is 22.8 Å². The van der Waals surface area contributed by atoms with Crippen molar-refractivity contribution in [2.75, 3.05) is 26.4 Å². The summed E-state index contributed by atoms with van der Waals surface area (Å²) in [6.07, 6.45) is 1.23. The van der Waals surface area contributed by atoms with Gasteiger partial charge < -0.3 is 28.4 Å². The SMILES string of the molecule is C=CC(=O)OCC(C)(C)COC(=O)CCC(=O)Oc1ccc(C2(c3ccc(OC(=O)CCC(=O)OCC(C)(C)COC(=O)C=C)cc3)c3ccccc3-c3nc4ccccc4nc32)cc1. The van der Waals surface area contributed by atoms with Crippen LogP contribution in [0, 0.1) is 10.8 Å². The number of ether oxygens (including phenoxy) is 6. The Bertz CT molecular complexity index is 2500. The second-order valence-electron chi connectivity index (χ2n) is 17.0. The van der Waals surface area contributed by atoms with Gasteiger partial charge in [0.25, 0.3) is 0 Å². The molecule has 0 unspecified atom stereocenters. The first kappa shape index (κ1) is 47.0. The van der Waals surface area contributed by atoms with Crippen LogP contribution in [-0.2, 0) is 53.1 Å². The van der Waals surface area contributed by atoms with Crippen LogP contribution in [0.25, 0.3) is 22.3 Å². The Morgan fingerprint density at radius 2 is 0.923 bits per heavy atom. The number of fused-ring (bicyclic) bond motifs is 4. The number of para-hydroxylation sites is 2. The van der Waals surface area contributed by atoms with E-state index in [1.54, 1.807) is 52.0 Å². The van der Waals surface area contributed by atoms with Crippen molar-refractivity contribution in [3.63, 3.8) is 0 Å². The van der Waals surface area contributed by atoms with Gasteiger partial charge in [-0.3, -0.25) is 19.2 Å². The molecule has 1 heterocycles. The third-order valence-corrected chi connectivity index (χ3v) is 10.4. The van der Waals surface area contributed by atoms with Gasteiger partial charge in [-0.25, -0.2) is 19.6 Å². The van der Waals surface area contributed by atoms with Crippen LogP contribution in [0.4, 0.5) is 0 Å². The molecule has 0 fully saturated rings. The van der Waals surface area contributed by atoms with Crippen molar-refractivity contribution in [1.29, 1.82) is 0 Å². The van der Waals surface area contributed by atoms with Crippen molar-refractivity contribution in [3.05, 3.63) is 145 Å². The van der Waals surface area contributed by atoms with Crippen LogP contribution in [0.3, 0.4) is 0 Å². The molecule has 0 saturated carbocycles. The second kappa shape index (κ2) is 20.4. The van der Waals surface area contributed by atoms with Gasteiger partial charge in [0.15, 0.2) is 0 Å². The molecule has 1 aromatic heterocycles. The van der Waals surface area contributed by atoms with E-state index in [1.807, 2.05) is 72.8 Å². The zero-order valence-corrected chi connectivity index (χ0v) is 36.8. The minimum absolute atomic E-state index is 0.0209. The fraction of sp³-hybridized carbons (Fsp3) is 0.294. The summed E-state index contributed by atoms with van der Waals surface area (Å²) < 4.78 is 32.1. The van der Waals surface area contributed by atoms with Crippen molar-refractivity contribution in [2.45, 2.75) is 58.8 Å². The normalized spacial score (nSPS) is 12.5. The number of carbonyl (C=O) groups excluding carboxylic acids is 6. The molecule has 1 aliphatic rings. The van der Waals surface area contributed by atoms with Crippen molar-refractivity contribution in [1.82, 2.24) is 9.97 Å². The maximum absolute atomic E-state index is 12.9. The summed E-state index contributed by atoms with van der Waals surface area (Å²) >= 11 is 0. The van der Waals surface area contributed by atoms with Crippen molar-refractivity contribution in [2.24, 2.45) is 10.8 Å². The summed E-state index contributed by atoms with van der Waals surface area (Å²) in [6, 6.07) is 29.6. The first-order valence-corrected chi connectivity index (χ1v) is 20.9. The first-order chi connectivity index (χ1) is 31.0. The highest BCUT2D eigenvalue weighted by atomic mass is 16.6. The quantitative estimate of drug-likeness (QED) is 0.0311. The molecule has 0 aliphatic heterocycles. The number of esters is 6. The van der Waals surface area contributed by atoms with Crippen LogP contribution in [-0.4, -0.2) is 72.2 Å². The highest BCUT2D eigenvalue weighted by molar-refractivity contribution is 5.88. The zero-order chi connectivity index (χ0) is 46.8. The Balaban J connectivity index is 1.18. The maximum atomic E-state index is 12.9. The molecule has 0 bridgehead atoms. The largest absolute Gasteiger partial charge is 0.465 e. The van der Waals surface area contributed by atoms with Gasteiger partial charge in [-0.05, 0) is 53.1 Å². The van der Waals surface area contributed by atoms with Crippen LogP contribution in [0.5, 0.6) is 11.5 Å². The van der Waals surface area contributed by atoms with Gasteiger partial charge in [0.1, 0.15) is 11.5 Å². The molecule has 5 aromatic rings. The molecule has 1 aliphatic carbocycles. The van der Waals surface area contributed by atoms with E-state index in [-0.39, 0.29) is 63.6 Å². The summed E-state index contributed by atoms with van der Waals surface area (Å²) in [4.78, 5) is 84.0. The van der Waals surface area contributed by atoms with Gasteiger partial charge in [0.05, 0.1) is 79.9 Å². The molecule has 0 radical (unpaired) electrons. The molecule has 0 spiro atoms. The Kier molecular flexibility index (Phi) is 14.7. The summed E-state index contributed by atoms with van der Waals surface area (Å²) in [5, 5.41) is 0. The Labute approximate surface area is 376 Å².